The van der Waals surface area contributed by atoms with E-state index in [-0.39, 0.29) is 5.75 Å². The molecule has 0 spiro atoms. The molecule has 0 fully saturated rings. The number of phenolic OH excluding ortho intramolecular Hbond substituents is 1. The number of aromatic hydroxyl groups is 1. The molecule has 1 heterocycles. The summed E-state index contributed by atoms with van der Waals surface area (Å²) in [6.45, 7) is 6.25. The lowest BCUT2D eigenvalue weighted by Gasteiger charge is -2.28. The highest BCUT2D eigenvalue weighted by atomic mass is 16.5. The Bertz CT molecular complexity index is 1240. The Hall–Kier alpha value is -3.80. The minimum Gasteiger partial charge on any atom is -0.508 e. The van der Waals surface area contributed by atoms with Crippen LogP contribution in [0.15, 0.2) is 36.4 Å². The molecule has 4 rings (SSSR count). The van der Waals surface area contributed by atoms with E-state index in [9.17, 15) is 5.11 Å². The molecule has 0 bridgehead atoms. The van der Waals surface area contributed by atoms with Gasteiger partial charge in [0.25, 0.3) is 0 Å². The van der Waals surface area contributed by atoms with Crippen molar-refractivity contribution in [1.29, 1.82) is 0 Å². The predicted molar refractivity (Wildman–Crippen MR) is 133 cm³/mol. The fraction of sp³-hybridized carbons (Fsp3) is 0.286. The zero-order valence-corrected chi connectivity index (χ0v) is 20.7. The highest BCUT2D eigenvalue weighted by molar-refractivity contribution is 6.02. The third-order valence-corrected chi connectivity index (χ3v) is 6.28. The van der Waals surface area contributed by atoms with Crippen LogP contribution in [0.5, 0.6) is 34.5 Å². The van der Waals surface area contributed by atoms with Crippen LogP contribution in [-0.2, 0) is 0 Å². The molecule has 6 nitrogen and oxygen atoms in total. The lowest BCUT2D eigenvalue weighted by atomic mass is 9.85. The highest BCUT2D eigenvalue weighted by Gasteiger charge is 2.27. The maximum Gasteiger partial charge on any atom is 0.203 e. The number of methoxy groups -OCH3 is 4. The lowest BCUT2D eigenvalue weighted by Crippen LogP contribution is -2.13. The summed E-state index contributed by atoms with van der Waals surface area (Å²) in [6.07, 6.45) is 0. The first-order valence-corrected chi connectivity index (χ1v) is 11.0. The van der Waals surface area contributed by atoms with Crippen molar-refractivity contribution in [3.63, 3.8) is 0 Å². The van der Waals surface area contributed by atoms with E-state index in [2.05, 4.69) is 12.1 Å². The van der Waals surface area contributed by atoms with Gasteiger partial charge in [0.2, 0.25) is 5.75 Å². The molecule has 3 aromatic carbocycles. The Morgan fingerprint density at radius 1 is 0.735 bits per heavy atom. The van der Waals surface area contributed by atoms with Crippen LogP contribution in [0.1, 0.15) is 33.4 Å². The van der Waals surface area contributed by atoms with Crippen molar-refractivity contribution in [3.8, 4) is 34.5 Å². The maximum absolute atomic E-state index is 10.3. The van der Waals surface area contributed by atoms with Gasteiger partial charge in [-0.25, -0.2) is 0 Å². The minimum absolute atomic E-state index is 0.205. The molecule has 0 saturated carbocycles. The predicted octanol–water partition coefficient (Wildman–Crippen LogP) is 5.70. The normalized spacial score (nSPS) is 12.7. The fourth-order valence-electron chi connectivity index (χ4n) is 4.67. The molecule has 6 heteroatoms. The molecule has 3 aromatic rings. The average molecular weight is 463 g/mol. The molecule has 0 aliphatic carbocycles. The third kappa shape index (κ3) is 3.79. The van der Waals surface area contributed by atoms with Crippen molar-refractivity contribution in [2.45, 2.75) is 20.8 Å². The summed E-state index contributed by atoms with van der Waals surface area (Å²) in [5.74, 6) is 3.42. The molecule has 0 aromatic heterocycles. The average Bonchev–Trinajstić information content (AvgIpc) is 2.84. The van der Waals surface area contributed by atoms with E-state index in [1.807, 2.05) is 39.0 Å². The lowest BCUT2D eigenvalue weighted by molar-refractivity contribution is 0.324. The van der Waals surface area contributed by atoms with Gasteiger partial charge in [-0.1, -0.05) is 0 Å². The van der Waals surface area contributed by atoms with Crippen LogP contribution in [0.3, 0.4) is 0 Å². The molecule has 0 unspecified atom stereocenters. The number of fused-ring (bicyclic) bond motifs is 1. The first-order chi connectivity index (χ1) is 16.3. The minimum atomic E-state index is 0.205. The van der Waals surface area contributed by atoms with Gasteiger partial charge in [-0.05, 0) is 85.0 Å². The number of aryl methyl sites for hydroxylation is 2. The van der Waals surface area contributed by atoms with Crippen LogP contribution < -0.4 is 23.7 Å². The van der Waals surface area contributed by atoms with Crippen LogP contribution in [-0.4, -0.2) is 40.2 Å². The zero-order valence-electron chi connectivity index (χ0n) is 20.7. The number of rotatable bonds is 6. The Kier molecular flexibility index (Phi) is 6.33. The summed E-state index contributed by atoms with van der Waals surface area (Å²) in [5.41, 5.74) is 7.63. The molecule has 0 atom stereocenters. The SMILES string of the molecule is COc1cc(C2=C(c3cc(C)c(OC)c(C)c3)c3ccc(O)c(C)c3OC2)cc(OC)c1OC. The molecule has 0 radical (unpaired) electrons. The smallest absolute Gasteiger partial charge is 0.203 e. The van der Waals surface area contributed by atoms with Crippen LogP contribution in [0.25, 0.3) is 11.1 Å². The van der Waals surface area contributed by atoms with E-state index in [0.29, 0.717) is 35.2 Å². The summed E-state index contributed by atoms with van der Waals surface area (Å²) in [5, 5.41) is 10.3. The molecule has 178 valence electrons. The Balaban J connectivity index is 2.07. The van der Waals surface area contributed by atoms with E-state index in [1.54, 1.807) is 34.5 Å². The molecule has 1 aliphatic rings. The quantitative estimate of drug-likeness (QED) is 0.507. The van der Waals surface area contributed by atoms with Crippen molar-refractivity contribution < 1.29 is 28.8 Å². The van der Waals surface area contributed by atoms with Crippen molar-refractivity contribution >= 4 is 11.1 Å². The largest absolute Gasteiger partial charge is 0.508 e. The summed E-state index contributed by atoms with van der Waals surface area (Å²) in [4.78, 5) is 0. The molecule has 0 saturated heterocycles. The summed E-state index contributed by atoms with van der Waals surface area (Å²) in [6, 6.07) is 11.7. The van der Waals surface area contributed by atoms with Crippen molar-refractivity contribution in [2.75, 3.05) is 35.0 Å². The fourth-order valence-corrected chi connectivity index (χ4v) is 4.67. The van der Waals surface area contributed by atoms with Gasteiger partial charge in [-0.2, -0.15) is 0 Å². The molecule has 1 N–H and O–H groups in total. The van der Waals surface area contributed by atoms with Gasteiger partial charge in [0.1, 0.15) is 23.9 Å². The molecular weight excluding hydrogens is 432 g/mol. The first-order valence-electron chi connectivity index (χ1n) is 11.0. The second-order valence-electron chi connectivity index (χ2n) is 8.29. The van der Waals surface area contributed by atoms with Crippen LogP contribution in [0.2, 0.25) is 0 Å². The van der Waals surface area contributed by atoms with E-state index >= 15 is 0 Å². The number of benzene rings is 3. The second kappa shape index (κ2) is 9.21. The third-order valence-electron chi connectivity index (χ3n) is 6.28. The van der Waals surface area contributed by atoms with Crippen LogP contribution in [0.4, 0.5) is 0 Å². The molecular formula is C28H30O6. The summed E-state index contributed by atoms with van der Waals surface area (Å²) >= 11 is 0. The Morgan fingerprint density at radius 3 is 1.85 bits per heavy atom. The number of hydrogen-bond donors (Lipinski definition) is 1. The van der Waals surface area contributed by atoms with Crippen LogP contribution >= 0.6 is 0 Å². The van der Waals surface area contributed by atoms with E-state index in [1.165, 1.54) is 0 Å². The molecule has 1 aliphatic heterocycles. The van der Waals surface area contributed by atoms with Gasteiger partial charge in [0.05, 0.1) is 28.4 Å². The molecule has 34 heavy (non-hydrogen) atoms. The summed E-state index contributed by atoms with van der Waals surface area (Å²) in [7, 11) is 6.48. The van der Waals surface area contributed by atoms with Gasteiger partial charge < -0.3 is 28.8 Å². The Morgan fingerprint density at radius 2 is 1.32 bits per heavy atom. The first kappa shape index (κ1) is 23.4. The van der Waals surface area contributed by atoms with Crippen molar-refractivity contribution in [1.82, 2.24) is 0 Å². The van der Waals surface area contributed by atoms with Gasteiger partial charge in [0.15, 0.2) is 11.5 Å². The van der Waals surface area contributed by atoms with E-state index in [0.717, 1.165) is 44.7 Å². The van der Waals surface area contributed by atoms with Gasteiger partial charge in [0, 0.05) is 16.7 Å². The van der Waals surface area contributed by atoms with Gasteiger partial charge in [-0.15, -0.1) is 0 Å². The Labute approximate surface area is 200 Å². The zero-order chi connectivity index (χ0) is 24.6. The standard InChI is InChI=1S/C28H30O6/c1-15-10-19(11-16(2)26(15)32-6)25-20-8-9-22(29)17(3)27(20)34-14-21(25)18-12-23(30-4)28(33-7)24(13-18)31-5/h8-13,29H,14H2,1-7H3. The monoisotopic (exact) mass is 462 g/mol. The van der Waals surface area contributed by atoms with Crippen LogP contribution in [0, 0.1) is 20.8 Å². The molecule has 0 amide bonds. The van der Waals surface area contributed by atoms with Crippen molar-refractivity contribution in [3.05, 3.63) is 69.8 Å². The topological polar surface area (TPSA) is 66.4 Å². The van der Waals surface area contributed by atoms with Gasteiger partial charge >= 0.3 is 0 Å². The number of hydrogen-bond acceptors (Lipinski definition) is 6. The number of phenols is 1. The number of ether oxygens (including phenoxy) is 5. The second-order valence-corrected chi connectivity index (χ2v) is 8.29. The van der Waals surface area contributed by atoms with Crippen molar-refractivity contribution in [2.24, 2.45) is 0 Å². The highest BCUT2D eigenvalue weighted by Crippen LogP contribution is 2.48. The summed E-state index contributed by atoms with van der Waals surface area (Å²) < 4.78 is 28.5. The van der Waals surface area contributed by atoms with E-state index in [4.69, 9.17) is 23.7 Å². The van der Waals surface area contributed by atoms with Gasteiger partial charge in [-0.3, -0.25) is 0 Å². The maximum atomic E-state index is 10.3. The van der Waals surface area contributed by atoms with E-state index < -0.39 is 0 Å².